The Morgan fingerprint density at radius 2 is 1.26 bits per heavy atom. The molecule has 0 saturated heterocycles. The Kier molecular flexibility index (Phi) is 12.0. The van der Waals surface area contributed by atoms with E-state index < -0.39 is 0 Å². The summed E-state index contributed by atoms with van der Waals surface area (Å²) in [4.78, 5) is 2.97. The summed E-state index contributed by atoms with van der Waals surface area (Å²) in [6.07, 6.45) is 52.9. The maximum absolute atomic E-state index is 7.20. The molecule has 0 aromatic rings. The molecule has 0 bridgehead atoms. The van der Waals surface area contributed by atoms with Crippen molar-refractivity contribution in [3.8, 4) is 0 Å². The van der Waals surface area contributed by atoms with E-state index in [0.717, 1.165) is 54.4 Å². The van der Waals surface area contributed by atoms with E-state index in [4.69, 9.17) is 4.74 Å². The van der Waals surface area contributed by atoms with Crippen molar-refractivity contribution >= 4 is 0 Å². The monoisotopic (exact) mass is 680 g/mol. The van der Waals surface area contributed by atoms with Gasteiger partial charge in [-0.2, -0.15) is 0 Å². The molecule has 0 aromatic carbocycles. The summed E-state index contributed by atoms with van der Waals surface area (Å²) in [5.41, 5.74) is 5.13. The van der Waals surface area contributed by atoms with Crippen LogP contribution in [-0.2, 0) is 4.74 Å². The Hall–Kier alpha value is -1.70. The van der Waals surface area contributed by atoms with Crippen LogP contribution in [0.25, 0.3) is 0 Å². The van der Waals surface area contributed by atoms with E-state index in [0.29, 0.717) is 17.9 Å². The fraction of sp³-hybridized carbons (Fsp3) is 0.792. The molecule has 0 N–H and O–H groups in total. The third-order valence-electron chi connectivity index (χ3n) is 15.9. The van der Waals surface area contributed by atoms with E-state index >= 15 is 0 Å². The largest absolute Gasteiger partial charge is 0.494 e. The van der Waals surface area contributed by atoms with E-state index in [9.17, 15) is 0 Å². The van der Waals surface area contributed by atoms with Crippen molar-refractivity contribution in [1.29, 1.82) is 0 Å². The Balaban J connectivity index is 0.892. The number of ether oxygens (including phenoxy) is 1. The molecule has 8 rings (SSSR count). The van der Waals surface area contributed by atoms with Gasteiger partial charge in [0.05, 0.1) is 5.76 Å². The lowest BCUT2D eigenvalue weighted by Crippen LogP contribution is -2.38. The molecule has 7 unspecified atom stereocenters. The molecule has 0 radical (unpaired) electrons. The molecule has 0 spiro atoms. The first-order valence-electron chi connectivity index (χ1n) is 22.6. The summed E-state index contributed by atoms with van der Waals surface area (Å²) in [5, 5.41) is 0. The summed E-state index contributed by atoms with van der Waals surface area (Å²) in [6.45, 7) is 2.56. The highest BCUT2D eigenvalue weighted by atomic mass is 16.5. The van der Waals surface area contributed by atoms with Crippen molar-refractivity contribution in [2.75, 3.05) is 0 Å². The van der Waals surface area contributed by atoms with Crippen molar-refractivity contribution in [2.45, 2.75) is 192 Å². The topological polar surface area (TPSA) is 12.5 Å². The molecule has 3 fully saturated rings. The second-order valence-electron chi connectivity index (χ2n) is 18.8. The zero-order valence-electron chi connectivity index (χ0n) is 32.2. The fourth-order valence-corrected chi connectivity index (χ4v) is 13.0. The third-order valence-corrected chi connectivity index (χ3v) is 15.9. The Labute approximate surface area is 307 Å². The first-order chi connectivity index (χ1) is 24.7. The molecule has 8 aliphatic rings. The summed E-state index contributed by atoms with van der Waals surface area (Å²) in [5.74, 6) is 8.48. The highest BCUT2D eigenvalue weighted by Crippen LogP contribution is 2.49. The molecule has 1 aliphatic heterocycles. The van der Waals surface area contributed by atoms with Gasteiger partial charge in [-0.1, -0.05) is 81.9 Å². The van der Waals surface area contributed by atoms with Gasteiger partial charge in [0, 0.05) is 29.8 Å². The van der Waals surface area contributed by atoms with Crippen LogP contribution in [0.4, 0.5) is 0 Å². The van der Waals surface area contributed by atoms with Crippen molar-refractivity contribution in [1.82, 2.24) is 4.90 Å². The molecule has 7 atom stereocenters. The van der Waals surface area contributed by atoms with Crippen LogP contribution in [0.2, 0.25) is 0 Å². The normalized spacial score (nSPS) is 39.7. The van der Waals surface area contributed by atoms with Crippen molar-refractivity contribution in [3.63, 3.8) is 0 Å². The molecule has 0 aromatic heterocycles. The van der Waals surface area contributed by atoms with Crippen LogP contribution in [0.5, 0.6) is 0 Å². The Morgan fingerprint density at radius 1 is 0.540 bits per heavy atom. The molecule has 1 heterocycles. The zero-order chi connectivity index (χ0) is 33.7. The molecule has 2 nitrogen and oxygen atoms in total. The maximum Gasteiger partial charge on any atom is 0.105 e. The lowest BCUT2D eigenvalue weighted by Gasteiger charge is -2.45. The SMILES string of the molecule is CC1CCCCC1C1CC=C(N(C2=CCC(C3CCC(C4CCCC5=C4OC(C4CC=CCC4)C/C=C\C5)CC3)CC2)C2CCCCC2)CC1. The lowest BCUT2D eigenvalue weighted by atomic mass is 9.67. The van der Waals surface area contributed by atoms with Gasteiger partial charge in [-0.15, -0.1) is 0 Å². The molecule has 50 heavy (non-hydrogen) atoms. The van der Waals surface area contributed by atoms with Crippen LogP contribution in [0.1, 0.15) is 180 Å². The summed E-state index contributed by atoms with van der Waals surface area (Å²) in [7, 11) is 0. The quantitative estimate of drug-likeness (QED) is 0.248. The van der Waals surface area contributed by atoms with Crippen LogP contribution in [0, 0.1) is 47.3 Å². The van der Waals surface area contributed by atoms with Crippen molar-refractivity contribution < 1.29 is 4.74 Å². The van der Waals surface area contributed by atoms with Crippen LogP contribution in [0.3, 0.4) is 0 Å². The Morgan fingerprint density at radius 3 is 1.98 bits per heavy atom. The molecule has 276 valence electrons. The van der Waals surface area contributed by atoms with E-state index in [1.165, 1.54) is 166 Å². The molecule has 0 amide bonds. The number of hydrogen-bond donors (Lipinski definition) is 0. The molecule has 7 aliphatic carbocycles. The van der Waals surface area contributed by atoms with Gasteiger partial charge in [-0.3, -0.25) is 0 Å². The maximum atomic E-state index is 7.20. The first kappa shape index (κ1) is 35.3. The van der Waals surface area contributed by atoms with E-state index in [1.807, 2.05) is 0 Å². The fourth-order valence-electron chi connectivity index (χ4n) is 13.0. The van der Waals surface area contributed by atoms with Gasteiger partial charge in [0.1, 0.15) is 6.10 Å². The van der Waals surface area contributed by atoms with Gasteiger partial charge in [0.25, 0.3) is 0 Å². The number of allylic oxidation sites excluding steroid dienone is 9. The van der Waals surface area contributed by atoms with Crippen LogP contribution in [-0.4, -0.2) is 17.0 Å². The first-order valence-corrected chi connectivity index (χ1v) is 22.6. The average molecular weight is 680 g/mol. The average Bonchev–Trinajstić information content (AvgIpc) is 3.17. The Bertz CT molecular complexity index is 1270. The van der Waals surface area contributed by atoms with E-state index in [-0.39, 0.29) is 0 Å². The lowest BCUT2D eigenvalue weighted by molar-refractivity contribution is 0.0198. The van der Waals surface area contributed by atoms with Crippen LogP contribution < -0.4 is 0 Å². The highest BCUT2D eigenvalue weighted by Gasteiger charge is 2.39. The van der Waals surface area contributed by atoms with Gasteiger partial charge in [-0.05, 0) is 175 Å². The number of hydrogen-bond acceptors (Lipinski definition) is 2. The predicted molar refractivity (Wildman–Crippen MR) is 210 cm³/mol. The number of rotatable bonds is 7. The van der Waals surface area contributed by atoms with Crippen LogP contribution in [0.15, 0.2) is 59.2 Å². The van der Waals surface area contributed by atoms with Crippen molar-refractivity contribution in [2.24, 2.45) is 47.3 Å². The molecule has 3 saturated carbocycles. The second kappa shape index (κ2) is 17.0. The summed E-state index contributed by atoms with van der Waals surface area (Å²) < 4.78 is 7.20. The predicted octanol–water partition coefficient (Wildman–Crippen LogP) is 13.8. The third kappa shape index (κ3) is 8.10. The van der Waals surface area contributed by atoms with Crippen LogP contribution >= 0.6 is 0 Å². The van der Waals surface area contributed by atoms with Gasteiger partial charge in [-0.25, -0.2) is 0 Å². The minimum atomic E-state index is 0.390. The smallest absolute Gasteiger partial charge is 0.105 e. The standard InChI is InChI=1S/C48H73NO/c1-35-13-8-10-20-45(35)38-29-33-44(34-30-38)49(42-18-6-3-7-19-42)43-31-27-37(28-32-43)36-23-25-39(26-24-36)46-21-12-17-41-16-9-11-22-47(50-48(41)46)40-14-4-2-5-15-40/h2,4,9,11,31,33,35-40,42,45-47H,3,5-8,10,12-30,32,34H2,1H3/b11-9-. The minimum Gasteiger partial charge on any atom is -0.494 e. The second-order valence-corrected chi connectivity index (χ2v) is 18.8. The zero-order valence-corrected chi connectivity index (χ0v) is 32.2. The van der Waals surface area contributed by atoms with E-state index in [2.05, 4.69) is 48.3 Å². The van der Waals surface area contributed by atoms with Gasteiger partial charge >= 0.3 is 0 Å². The minimum absolute atomic E-state index is 0.390. The molecular weight excluding hydrogens is 607 g/mol. The highest BCUT2D eigenvalue weighted by molar-refractivity contribution is 5.22. The summed E-state index contributed by atoms with van der Waals surface area (Å²) >= 11 is 0. The number of nitrogens with zero attached hydrogens (tertiary/aromatic N) is 1. The van der Waals surface area contributed by atoms with Gasteiger partial charge in [0.2, 0.25) is 0 Å². The van der Waals surface area contributed by atoms with Gasteiger partial charge < -0.3 is 9.64 Å². The summed E-state index contributed by atoms with van der Waals surface area (Å²) in [6, 6.07) is 0.772. The molecule has 2 heteroatoms. The van der Waals surface area contributed by atoms with Gasteiger partial charge in [0.15, 0.2) is 0 Å². The van der Waals surface area contributed by atoms with E-state index in [1.54, 1.807) is 17.0 Å². The molecular formula is C48H73NO. The van der Waals surface area contributed by atoms with Crippen molar-refractivity contribution in [3.05, 3.63) is 59.2 Å².